The first kappa shape index (κ1) is 20.8. The number of pyridine rings is 1. The summed E-state index contributed by atoms with van der Waals surface area (Å²) in [5.74, 6) is 1.18. The van der Waals surface area contributed by atoms with Crippen LogP contribution in [-0.2, 0) is 11.2 Å². The van der Waals surface area contributed by atoms with Crippen molar-refractivity contribution in [3.8, 4) is 6.07 Å². The average Bonchev–Trinajstić information content (AvgIpc) is 2.76. The van der Waals surface area contributed by atoms with Crippen molar-refractivity contribution in [2.24, 2.45) is 23.5 Å². The molecule has 8 heteroatoms. The zero-order valence-corrected chi connectivity index (χ0v) is 18.0. The van der Waals surface area contributed by atoms with E-state index in [0.717, 1.165) is 36.3 Å². The van der Waals surface area contributed by atoms with Gasteiger partial charge >= 0.3 is 0 Å². The summed E-state index contributed by atoms with van der Waals surface area (Å²) in [5.41, 5.74) is 8.40. The minimum Gasteiger partial charge on any atom is -0.381 e. The van der Waals surface area contributed by atoms with Gasteiger partial charge in [-0.3, -0.25) is 19.7 Å². The first-order valence-corrected chi connectivity index (χ1v) is 11.4. The van der Waals surface area contributed by atoms with Crippen molar-refractivity contribution in [2.75, 3.05) is 11.9 Å². The van der Waals surface area contributed by atoms with Gasteiger partial charge in [0.05, 0.1) is 41.6 Å². The second-order valence-electron chi connectivity index (χ2n) is 9.54. The molecule has 6 rings (SSSR count). The second kappa shape index (κ2) is 8.47. The molecule has 2 aromatic heterocycles. The van der Waals surface area contributed by atoms with E-state index in [2.05, 4.69) is 26.3 Å². The van der Waals surface area contributed by atoms with E-state index in [1.54, 1.807) is 24.8 Å². The summed E-state index contributed by atoms with van der Waals surface area (Å²) in [6.07, 6.45) is 13.1. The van der Waals surface area contributed by atoms with Crippen molar-refractivity contribution < 1.29 is 9.53 Å². The van der Waals surface area contributed by atoms with Crippen LogP contribution in [-0.4, -0.2) is 39.1 Å². The number of nitriles is 1. The van der Waals surface area contributed by atoms with Crippen LogP contribution in [0, 0.1) is 29.1 Å². The predicted molar refractivity (Wildman–Crippen MR) is 117 cm³/mol. The Hall–Kier alpha value is -3.05. The Labute approximate surface area is 187 Å². The van der Waals surface area contributed by atoms with E-state index >= 15 is 0 Å². The summed E-state index contributed by atoms with van der Waals surface area (Å²) in [7, 11) is 0. The van der Waals surface area contributed by atoms with Crippen LogP contribution in [0.25, 0.3) is 0 Å². The highest BCUT2D eigenvalue weighted by molar-refractivity contribution is 5.98. The van der Waals surface area contributed by atoms with E-state index in [-0.39, 0.29) is 11.6 Å². The van der Waals surface area contributed by atoms with Gasteiger partial charge in [0.15, 0.2) is 0 Å². The van der Waals surface area contributed by atoms with E-state index in [1.807, 2.05) is 6.07 Å². The van der Waals surface area contributed by atoms with Crippen molar-refractivity contribution >= 4 is 11.6 Å². The molecule has 32 heavy (non-hydrogen) atoms. The maximum atomic E-state index is 12.1. The molecule has 3 unspecified atom stereocenters. The highest BCUT2D eigenvalue weighted by Crippen LogP contribution is 2.57. The molecule has 4 aliphatic carbocycles. The van der Waals surface area contributed by atoms with E-state index in [1.165, 1.54) is 12.8 Å². The number of hydrogen-bond acceptors (Lipinski definition) is 7. The van der Waals surface area contributed by atoms with Crippen molar-refractivity contribution in [1.82, 2.24) is 15.0 Å². The van der Waals surface area contributed by atoms with Gasteiger partial charge in [0.2, 0.25) is 0 Å². The fourth-order valence-electron chi connectivity index (χ4n) is 6.37. The molecule has 8 nitrogen and oxygen atoms in total. The third-order valence-corrected chi connectivity index (χ3v) is 7.37. The van der Waals surface area contributed by atoms with Gasteiger partial charge in [-0.25, -0.2) is 0 Å². The van der Waals surface area contributed by atoms with Gasteiger partial charge in [-0.05, 0) is 55.9 Å². The molecular formula is C24H28N6O2. The highest BCUT2D eigenvalue weighted by atomic mass is 16.5. The number of ether oxygens (including phenoxy) is 1. The maximum absolute atomic E-state index is 12.1. The Kier molecular flexibility index (Phi) is 5.51. The quantitative estimate of drug-likeness (QED) is 0.614. The summed E-state index contributed by atoms with van der Waals surface area (Å²) in [4.78, 5) is 25.0. The molecule has 5 atom stereocenters. The molecule has 166 valence electrons. The van der Waals surface area contributed by atoms with Crippen LogP contribution in [0.4, 0.5) is 5.69 Å². The SMILES string of the molecule is N#CCCOC12CC3C[C@H](C1)C(Nc1cc(Cc4cnccn4)ncc1C(N)=O)[C@@H](C3)C2. The van der Waals surface area contributed by atoms with Crippen LogP contribution in [0.2, 0.25) is 0 Å². The molecule has 0 radical (unpaired) electrons. The number of amides is 1. The molecule has 4 fully saturated rings. The fourth-order valence-corrected chi connectivity index (χ4v) is 6.37. The summed E-state index contributed by atoms with van der Waals surface area (Å²) in [6, 6.07) is 4.40. The first-order valence-electron chi connectivity index (χ1n) is 11.4. The number of primary amides is 1. The largest absolute Gasteiger partial charge is 0.381 e. The Morgan fingerprint density at radius 2 is 2.00 bits per heavy atom. The summed E-state index contributed by atoms with van der Waals surface area (Å²) < 4.78 is 6.28. The third-order valence-electron chi connectivity index (χ3n) is 7.37. The lowest BCUT2D eigenvalue weighted by Crippen LogP contribution is -2.60. The zero-order chi connectivity index (χ0) is 22.1. The van der Waals surface area contributed by atoms with Gasteiger partial charge in [-0.2, -0.15) is 5.26 Å². The van der Waals surface area contributed by atoms with E-state index in [9.17, 15) is 4.79 Å². The van der Waals surface area contributed by atoms with Gasteiger partial charge in [-0.1, -0.05) is 0 Å². The molecule has 2 heterocycles. The molecule has 1 amide bonds. The highest BCUT2D eigenvalue weighted by Gasteiger charge is 2.56. The van der Waals surface area contributed by atoms with Crippen LogP contribution >= 0.6 is 0 Å². The van der Waals surface area contributed by atoms with Gasteiger partial charge in [-0.15, -0.1) is 0 Å². The summed E-state index contributed by atoms with van der Waals surface area (Å²) >= 11 is 0. The minimum atomic E-state index is -0.480. The van der Waals surface area contributed by atoms with Crippen molar-refractivity contribution in [3.05, 3.63) is 47.8 Å². The lowest BCUT2D eigenvalue weighted by atomic mass is 9.52. The lowest BCUT2D eigenvalue weighted by Gasteiger charge is -2.59. The predicted octanol–water partition coefficient (Wildman–Crippen LogP) is 2.85. The topological polar surface area (TPSA) is 127 Å². The van der Waals surface area contributed by atoms with Crippen molar-refractivity contribution in [1.29, 1.82) is 5.26 Å². The van der Waals surface area contributed by atoms with Gasteiger partial charge < -0.3 is 15.8 Å². The Balaban J connectivity index is 1.36. The van der Waals surface area contributed by atoms with Crippen molar-refractivity contribution in [3.63, 3.8) is 0 Å². The fraction of sp³-hybridized carbons (Fsp3) is 0.542. The number of carbonyl (C=O) groups excluding carboxylic acids is 1. The first-order chi connectivity index (χ1) is 15.5. The van der Waals surface area contributed by atoms with Gasteiger partial charge in [0.1, 0.15) is 0 Å². The van der Waals surface area contributed by atoms with Crippen LogP contribution in [0.1, 0.15) is 60.3 Å². The molecule has 4 saturated carbocycles. The Morgan fingerprint density at radius 3 is 2.69 bits per heavy atom. The molecule has 3 N–H and O–H groups in total. The second-order valence-corrected chi connectivity index (χ2v) is 9.54. The number of nitrogens with two attached hydrogens (primary N) is 1. The number of nitrogens with one attached hydrogen (secondary N) is 1. The smallest absolute Gasteiger partial charge is 0.252 e. The minimum absolute atomic E-state index is 0.0760. The molecule has 2 aromatic rings. The number of aromatic nitrogens is 3. The lowest BCUT2D eigenvalue weighted by molar-refractivity contribution is -0.165. The Bertz CT molecular complexity index is 1020. The molecule has 0 saturated heterocycles. The molecule has 0 spiro atoms. The van der Waals surface area contributed by atoms with Gasteiger partial charge in [0.25, 0.3) is 5.91 Å². The third kappa shape index (κ3) is 4.05. The van der Waals surface area contributed by atoms with Crippen LogP contribution in [0.5, 0.6) is 0 Å². The molecular weight excluding hydrogens is 404 g/mol. The summed E-state index contributed by atoms with van der Waals surface area (Å²) in [5, 5.41) is 12.6. The van der Waals surface area contributed by atoms with E-state index in [4.69, 9.17) is 15.7 Å². The standard InChI is InChI=1S/C24H28N6O2/c25-2-1-5-32-24-10-15-6-16(11-24)22(17(7-15)12-24)30-21-9-18(29-14-20(21)23(26)31)8-19-13-27-3-4-28-19/h3-4,9,13-17,22H,1,5-8,10-12H2,(H2,26,31)(H,29,30)/t15?,16-,17+,22?,24?. The molecule has 0 aromatic carbocycles. The number of hydrogen-bond donors (Lipinski definition) is 2. The normalized spacial score (nSPS) is 30.1. The van der Waals surface area contributed by atoms with Crippen LogP contribution in [0.15, 0.2) is 30.9 Å². The average molecular weight is 433 g/mol. The van der Waals surface area contributed by atoms with E-state index < -0.39 is 5.91 Å². The summed E-state index contributed by atoms with van der Waals surface area (Å²) in [6.45, 7) is 0.517. The Morgan fingerprint density at radius 1 is 1.19 bits per heavy atom. The van der Waals surface area contributed by atoms with Crippen LogP contribution in [0.3, 0.4) is 0 Å². The number of nitrogens with zero attached hydrogens (tertiary/aromatic N) is 4. The maximum Gasteiger partial charge on any atom is 0.252 e. The van der Waals surface area contributed by atoms with E-state index in [0.29, 0.717) is 42.8 Å². The molecule has 0 aliphatic heterocycles. The van der Waals surface area contributed by atoms with Crippen molar-refractivity contribution in [2.45, 2.75) is 56.6 Å². The zero-order valence-electron chi connectivity index (χ0n) is 18.0. The number of carbonyl (C=O) groups is 1. The van der Waals surface area contributed by atoms with Crippen LogP contribution < -0.4 is 11.1 Å². The van der Waals surface area contributed by atoms with Gasteiger partial charge in [0, 0.05) is 42.9 Å². The number of anilines is 1. The molecule has 4 bridgehead atoms. The molecule has 4 aliphatic rings. The number of rotatable bonds is 8. The monoisotopic (exact) mass is 432 g/mol.